The van der Waals surface area contributed by atoms with Crippen LogP contribution in [0.15, 0.2) is 40.6 Å². The first-order valence-corrected chi connectivity index (χ1v) is 6.30. The van der Waals surface area contributed by atoms with E-state index in [-0.39, 0.29) is 0 Å². The van der Waals surface area contributed by atoms with Crippen molar-refractivity contribution in [2.24, 2.45) is 0 Å². The van der Waals surface area contributed by atoms with E-state index in [0.717, 1.165) is 15.5 Å². The molecule has 1 aromatic rings. The van der Waals surface area contributed by atoms with E-state index in [9.17, 15) is 4.55 Å². The lowest BCUT2D eigenvalue weighted by molar-refractivity contribution is 0.413. The van der Waals surface area contributed by atoms with Crippen molar-refractivity contribution in [1.82, 2.24) is 3.71 Å². The predicted molar refractivity (Wildman–Crippen MR) is 62.2 cm³/mol. The molecule has 1 aliphatic heterocycles. The fourth-order valence-corrected chi connectivity index (χ4v) is 3.96. The van der Waals surface area contributed by atoms with Gasteiger partial charge in [0.15, 0.2) is 4.90 Å². The van der Waals surface area contributed by atoms with E-state index < -0.39 is 11.4 Å². The molecular weight excluding hydrogens is 230 g/mol. The molecule has 0 spiro atoms. The third kappa shape index (κ3) is 2.01. The summed E-state index contributed by atoms with van der Waals surface area (Å²) in [6.45, 7) is 4.25. The molecule has 1 aliphatic rings. The summed E-state index contributed by atoms with van der Waals surface area (Å²) >= 11 is 0.392. The Hall–Kier alpha value is -0.620. The minimum Gasteiger partial charge on any atom is -0.592 e. The minimum atomic E-state index is -1.10. The van der Waals surface area contributed by atoms with Gasteiger partial charge in [-0.25, -0.2) is 0 Å². The van der Waals surface area contributed by atoms with Crippen molar-refractivity contribution in [2.75, 3.05) is 13.7 Å². The van der Waals surface area contributed by atoms with Crippen LogP contribution in [0.4, 0.5) is 0 Å². The SMILES string of the molecule is C=CCN1Sc2ccc(OC)cc2[S+]1[O-]. The smallest absolute Gasteiger partial charge is 0.193 e. The zero-order chi connectivity index (χ0) is 10.8. The van der Waals surface area contributed by atoms with Crippen molar-refractivity contribution in [1.29, 1.82) is 0 Å². The van der Waals surface area contributed by atoms with Gasteiger partial charge in [0.1, 0.15) is 5.75 Å². The number of hydrogen-bond donors (Lipinski definition) is 0. The van der Waals surface area contributed by atoms with Gasteiger partial charge >= 0.3 is 0 Å². The first-order valence-electron chi connectivity index (χ1n) is 4.42. The Morgan fingerprint density at radius 2 is 2.47 bits per heavy atom. The second kappa shape index (κ2) is 4.49. The molecule has 0 fully saturated rings. The molecule has 0 bridgehead atoms. The van der Waals surface area contributed by atoms with Gasteiger partial charge in [-0.3, -0.25) is 0 Å². The van der Waals surface area contributed by atoms with Gasteiger partial charge < -0.3 is 9.29 Å². The zero-order valence-corrected chi connectivity index (χ0v) is 9.94. The van der Waals surface area contributed by atoms with Gasteiger partial charge in [-0.15, -0.1) is 6.58 Å². The molecule has 0 aromatic heterocycles. The van der Waals surface area contributed by atoms with Gasteiger partial charge in [-0.05, 0) is 12.1 Å². The Kier molecular flexibility index (Phi) is 3.25. The normalized spacial score (nSPS) is 20.0. The summed E-state index contributed by atoms with van der Waals surface area (Å²) in [7, 11) is 1.61. The van der Waals surface area contributed by atoms with Crippen LogP contribution in [-0.2, 0) is 11.4 Å². The molecule has 0 N–H and O–H groups in total. The van der Waals surface area contributed by atoms with E-state index >= 15 is 0 Å². The van der Waals surface area contributed by atoms with Crippen LogP contribution < -0.4 is 4.74 Å². The number of ether oxygens (including phenoxy) is 1. The van der Waals surface area contributed by atoms with Crippen molar-refractivity contribution in [2.45, 2.75) is 9.79 Å². The molecule has 0 aliphatic carbocycles. The van der Waals surface area contributed by atoms with Crippen LogP contribution in [0.2, 0.25) is 0 Å². The number of benzene rings is 1. The van der Waals surface area contributed by atoms with E-state index in [0.29, 0.717) is 6.54 Å². The molecule has 80 valence electrons. The van der Waals surface area contributed by atoms with Gasteiger partial charge in [-0.1, -0.05) is 9.79 Å². The molecule has 1 atom stereocenters. The van der Waals surface area contributed by atoms with E-state index in [2.05, 4.69) is 6.58 Å². The molecule has 1 unspecified atom stereocenters. The lowest BCUT2D eigenvalue weighted by atomic mass is 10.3. The quantitative estimate of drug-likeness (QED) is 0.462. The van der Waals surface area contributed by atoms with Gasteiger partial charge in [-0.2, -0.15) is 0 Å². The van der Waals surface area contributed by atoms with Crippen LogP contribution in [0, 0.1) is 0 Å². The van der Waals surface area contributed by atoms with Crippen LogP contribution in [0.5, 0.6) is 5.75 Å². The lowest BCUT2D eigenvalue weighted by Gasteiger charge is -2.12. The number of hydrogen-bond acceptors (Lipinski definition) is 4. The highest BCUT2D eigenvalue weighted by Crippen LogP contribution is 2.42. The molecule has 1 aromatic carbocycles. The first-order chi connectivity index (χ1) is 7.26. The molecule has 0 amide bonds. The van der Waals surface area contributed by atoms with Crippen molar-refractivity contribution >= 4 is 23.3 Å². The van der Waals surface area contributed by atoms with Crippen LogP contribution >= 0.6 is 11.9 Å². The van der Waals surface area contributed by atoms with Crippen molar-refractivity contribution < 1.29 is 9.29 Å². The Bertz CT molecular complexity index is 384. The average Bonchev–Trinajstić information content (AvgIpc) is 2.56. The summed E-state index contributed by atoms with van der Waals surface area (Å²) in [5, 5.41) is 0. The summed E-state index contributed by atoms with van der Waals surface area (Å²) in [5.74, 6) is 0.739. The van der Waals surface area contributed by atoms with Gasteiger partial charge in [0.05, 0.1) is 29.9 Å². The second-order valence-electron chi connectivity index (χ2n) is 2.96. The van der Waals surface area contributed by atoms with Crippen molar-refractivity contribution in [3.63, 3.8) is 0 Å². The Morgan fingerprint density at radius 3 is 3.13 bits per heavy atom. The fraction of sp³-hybridized carbons (Fsp3) is 0.200. The highest BCUT2D eigenvalue weighted by Gasteiger charge is 2.34. The topological polar surface area (TPSA) is 35.5 Å². The van der Waals surface area contributed by atoms with Gasteiger partial charge in [0.2, 0.25) is 0 Å². The van der Waals surface area contributed by atoms with Crippen molar-refractivity contribution in [3.05, 3.63) is 30.9 Å². The number of rotatable bonds is 3. The summed E-state index contributed by atoms with van der Waals surface area (Å²) in [5.41, 5.74) is 0. The molecule has 15 heavy (non-hydrogen) atoms. The summed E-state index contributed by atoms with van der Waals surface area (Å²) < 4.78 is 18.9. The maximum Gasteiger partial charge on any atom is 0.193 e. The molecule has 0 radical (unpaired) electrons. The molecule has 5 heteroatoms. The predicted octanol–water partition coefficient (Wildman–Crippen LogP) is 2.23. The van der Waals surface area contributed by atoms with Gasteiger partial charge in [0.25, 0.3) is 0 Å². The van der Waals surface area contributed by atoms with E-state index in [1.807, 2.05) is 18.2 Å². The van der Waals surface area contributed by atoms with E-state index in [4.69, 9.17) is 4.74 Å². The largest absolute Gasteiger partial charge is 0.592 e. The summed E-state index contributed by atoms with van der Waals surface area (Å²) in [4.78, 5) is 1.84. The highest BCUT2D eigenvalue weighted by molar-refractivity contribution is 8.11. The third-order valence-corrected chi connectivity index (χ3v) is 4.90. The summed E-state index contributed by atoms with van der Waals surface area (Å²) in [6.07, 6.45) is 1.74. The Morgan fingerprint density at radius 1 is 1.67 bits per heavy atom. The second-order valence-corrected chi connectivity index (χ2v) is 5.63. The van der Waals surface area contributed by atoms with Crippen LogP contribution in [0.1, 0.15) is 0 Å². The Balaban J connectivity index is 2.29. The van der Waals surface area contributed by atoms with Crippen LogP contribution in [-0.4, -0.2) is 21.9 Å². The maximum atomic E-state index is 12.0. The van der Waals surface area contributed by atoms with E-state index in [1.165, 1.54) is 11.9 Å². The number of fused-ring (bicyclic) bond motifs is 1. The van der Waals surface area contributed by atoms with Gasteiger partial charge in [0, 0.05) is 18.0 Å². The standard InChI is InChI=1S/C10H11NO2S2/c1-3-6-11-14-9-5-4-8(13-2)7-10(9)15(11)12/h3-5,7H,1,6H2,2H3. The summed E-state index contributed by atoms with van der Waals surface area (Å²) in [6, 6.07) is 5.63. The Labute approximate surface area is 96.6 Å². The molecule has 3 nitrogen and oxygen atoms in total. The number of methoxy groups -OCH3 is 1. The highest BCUT2D eigenvalue weighted by atomic mass is 32.3. The number of nitrogens with zero attached hydrogens (tertiary/aromatic N) is 1. The average molecular weight is 241 g/mol. The first kappa shape index (κ1) is 10.9. The van der Waals surface area contributed by atoms with E-state index in [1.54, 1.807) is 16.9 Å². The monoisotopic (exact) mass is 241 g/mol. The van der Waals surface area contributed by atoms with Crippen molar-refractivity contribution in [3.8, 4) is 5.75 Å². The molecule has 1 heterocycles. The fourth-order valence-electron chi connectivity index (χ4n) is 1.29. The minimum absolute atomic E-state index is 0.605. The zero-order valence-electron chi connectivity index (χ0n) is 8.30. The molecular formula is C10H11NO2S2. The molecule has 0 saturated carbocycles. The third-order valence-electron chi connectivity index (χ3n) is 2.00. The lowest BCUT2D eigenvalue weighted by Crippen LogP contribution is -2.19. The maximum absolute atomic E-state index is 12.0. The molecule has 0 saturated heterocycles. The molecule has 2 rings (SSSR count). The van der Waals surface area contributed by atoms with Crippen LogP contribution in [0.25, 0.3) is 0 Å². The van der Waals surface area contributed by atoms with Crippen LogP contribution in [0.3, 0.4) is 0 Å².